The molecule has 0 saturated heterocycles. The van der Waals surface area contributed by atoms with Crippen molar-refractivity contribution in [2.75, 3.05) is 5.73 Å². The van der Waals surface area contributed by atoms with Gasteiger partial charge >= 0.3 is 6.18 Å². The minimum atomic E-state index is -4.38. The van der Waals surface area contributed by atoms with Crippen LogP contribution in [0, 0.1) is 6.92 Å². The molecule has 2 aromatic heterocycles. The van der Waals surface area contributed by atoms with Gasteiger partial charge in [0.2, 0.25) is 5.95 Å². The number of rotatable bonds is 2. The van der Waals surface area contributed by atoms with Crippen LogP contribution in [-0.2, 0) is 6.18 Å². The van der Waals surface area contributed by atoms with Crippen molar-refractivity contribution < 1.29 is 13.2 Å². The van der Waals surface area contributed by atoms with Crippen LogP contribution in [0.1, 0.15) is 11.3 Å². The number of alkyl halides is 3. The first-order valence-electron chi connectivity index (χ1n) is 5.17. The Morgan fingerprint density at radius 1 is 1.16 bits per heavy atom. The second-order valence-electron chi connectivity index (χ2n) is 3.69. The average molecular weight is 286 g/mol. The van der Waals surface area contributed by atoms with Crippen LogP contribution in [0.4, 0.5) is 19.1 Å². The molecule has 2 N–H and O–H groups in total. The maximum atomic E-state index is 12.4. The third-order valence-corrected chi connectivity index (χ3v) is 2.99. The highest BCUT2D eigenvalue weighted by Gasteiger charge is 2.30. The number of hydrogen-bond donors (Lipinski definition) is 1. The van der Waals surface area contributed by atoms with E-state index >= 15 is 0 Å². The summed E-state index contributed by atoms with van der Waals surface area (Å²) in [5.74, 6) is 0.120. The quantitative estimate of drug-likeness (QED) is 0.860. The number of hydrogen-bond acceptors (Lipinski definition) is 5. The number of nitrogen functional groups attached to an aromatic ring is 1. The molecular weight excluding hydrogens is 277 g/mol. The van der Waals surface area contributed by atoms with Crippen molar-refractivity contribution in [3.8, 4) is 0 Å². The van der Waals surface area contributed by atoms with Gasteiger partial charge in [-0.1, -0.05) is 0 Å². The maximum absolute atomic E-state index is 12.4. The Labute approximate surface area is 111 Å². The Morgan fingerprint density at radius 3 is 2.42 bits per heavy atom. The van der Waals surface area contributed by atoms with Crippen LogP contribution in [0.25, 0.3) is 0 Å². The van der Waals surface area contributed by atoms with Gasteiger partial charge in [0.25, 0.3) is 0 Å². The molecule has 0 bridgehead atoms. The molecule has 2 rings (SSSR count). The van der Waals surface area contributed by atoms with Crippen molar-refractivity contribution in [3.05, 3.63) is 35.7 Å². The van der Waals surface area contributed by atoms with Crippen molar-refractivity contribution in [1.29, 1.82) is 0 Å². The largest absolute Gasteiger partial charge is 0.417 e. The number of nitrogens with zero attached hydrogens (tertiary/aromatic N) is 3. The SMILES string of the molecule is Cc1cc(Sc2ccc(C(F)(F)F)cn2)nc(N)n1. The van der Waals surface area contributed by atoms with Gasteiger partial charge in [0.05, 0.1) is 5.56 Å². The van der Waals surface area contributed by atoms with Crippen molar-refractivity contribution >= 4 is 17.7 Å². The van der Waals surface area contributed by atoms with Crippen LogP contribution in [0.5, 0.6) is 0 Å². The standard InChI is InChI=1S/C11H9F3N4S/c1-6-4-9(18-10(15)17-6)19-8-3-2-7(5-16-8)11(12,13)14/h2-5H,1H3,(H2,15,17,18). The fourth-order valence-electron chi connectivity index (χ4n) is 1.33. The Hall–Kier alpha value is -1.83. The van der Waals surface area contributed by atoms with E-state index in [0.717, 1.165) is 24.0 Å². The van der Waals surface area contributed by atoms with Gasteiger partial charge in [0.15, 0.2) is 0 Å². The lowest BCUT2D eigenvalue weighted by Gasteiger charge is -2.06. The molecule has 19 heavy (non-hydrogen) atoms. The van der Waals surface area contributed by atoms with E-state index in [1.165, 1.54) is 6.07 Å². The van der Waals surface area contributed by atoms with Gasteiger partial charge in [-0.2, -0.15) is 13.2 Å². The lowest BCUT2D eigenvalue weighted by atomic mass is 10.3. The van der Waals surface area contributed by atoms with Crippen molar-refractivity contribution in [3.63, 3.8) is 0 Å². The Morgan fingerprint density at radius 2 is 1.89 bits per heavy atom. The van der Waals surface area contributed by atoms with Gasteiger partial charge < -0.3 is 5.73 Å². The molecule has 0 unspecified atom stereocenters. The average Bonchev–Trinajstić information content (AvgIpc) is 2.26. The highest BCUT2D eigenvalue weighted by molar-refractivity contribution is 7.99. The molecule has 0 radical (unpaired) electrons. The summed E-state index contributed by atoms with van der Waals surface area (Å²) in [4.78, 5) is 11.6. The summed E-state index contributed by atoms with van der Waals surface area (Å²) in [6.45, 7) is 1.75. The summed E-state index contributed by atoms with van der Waals surface area (Å²) in [6.07, 6.45) is -3.59. The second kappa shape index (κ2) is 5.04. The molecule has 2 aromatic rings. The Kier molecular flexibility index (Phi) is 3.61. The van der Waals surface area contributed by atoms with Crippen molar-refractivity contribution in [2.45, 2.75) is 23.2 Å². The highest BCUT2D eigenvalue weighted by atomic mass is 32.2. The van der Waals surface area contributed by atoms with Crippen LogP contribution >= 0.6 is 11.8 Å². The first-order chi connectivity index (χ1) is 8.84. The minimum Gasteiger partial charge on any atom is -0.368 e. The third kappa shape index (κ3) is 3.57. The van der Waals surface area contributed by atoms with E-state index in [2.05, 4.69) is 15.0 Å². The summed E-state index contributed by atoms with van der Waals surface area (Å²) in [5, 5.41) is 0.947. The summed E-state index contributed by atoms with van der Waals surface area (Å²) in [6, 6.07) is 3.95. The monoisotopic (exact) mass is 286 g/mol. The molecule has 0 aliphatic carbocycles. The number of anilines is 1. The molecule has 2 heterocycles. The molecule has 0 aliphatic heterocycles. The predicted octanol–water partition coefficient (Wildman–Crippen LogP) is 2.93. The summed E-state index contributed by atoms with van der Waals surface area (Å²) in [5.41, 5.74) is 5.39. The number of nitrogens with two attached hydrogens (primary N) is 1. The first-order valence-corrected chi connectivity index (χ1v) is 5.98. The Balaban J connectivity index is 2.20. The van der Waals surface area contributed by atoms with Gasteiger partial charge in [-0.15, -0.1) is 0 Å². The Bertz CT molecular complexity index is 563. The molecule has 0 aliphatic rings. The van der Waals surface area contributed by atoms with Gasteiger partial charge in [-0.25, -0.2) is 15.0 Å². The molecule has 0 spiro atoms. The van der Waals surface area contributed by atoms with Crippen LogP contribution in [0.3, 0.4) is 0 Å². The highest BCUT2D eigenvalue weighted by Crippen LogP contribution is 2.31. The molecule has 100 valence electrons. The van der Waals surface area contributed by atoms with Gasteiger partial charge in [-0.05, 0) is 36.9 Å². The lowest BCUT2D eigenvalue weighted by Crippen LogP contribution is -2.05. The van der Waals surface area contributed by atoms with E-state index in [1.807, 2.05) is 0 Å². The van der Waals surface area contributed by atoms with Crippen LogP contribution in [-0.4, -0.2) is 15.0 Å². The second-order valence-corrected chi connectivity index (χ2v) is 4.73. The van der Waals surface area contributed by atoms with Crippen molar-refractivity contribution in [2.24, 2.45) is 0 Å². The summed E-state index contributed by atoms with van der Waals surface area (Å²) >= 11 is 1.13. The summed E-state index contributed by atoms with van der Waals surface area (Å²) in [7, 11) is 0. The number of aryl methyl sites for hydroxylation is 1. The number of halogens is 3. The topological polar surface area (TPSA) is 64.7 Å². The molecule has 0 amide bonds. The first kappa shape index (κ1) is 13.6. The fraction of sp³-hybridized carbons (Fsp3) is 0.182. The fourth-order valence-corrected chi connectivity index (χ4v) is 2.15. The molecule has 0 saturated carbocycles. The van der Waals surface area contributed by atoms with Gasteiger partial charge in [0, 0.05) is 11.9 Å². The molecular formula is C11H9F3N4S. The number of pyridine rings is 1. The summed E-state index contributed by atoms with van der Waals surface area (Å²) < 4.78 is 37.1. The van der Waals surface area contributed by atoms with E-state index in [4.69, 9.17) is 5.73 Å². The van der Waals surface area contributed by atoms with Crippen LogP contribution < -0.4 is 5.73 Å². The smallest absolute Gasteiger partial charge is 0.368 e. The lowest BCUT2D eigenvalue weighted by molar-refractivity contribution is -0.137. The molecule has 0 aromatic carbocycles. The van der Waals surface area contributed by atoms with E-state index in [1.54, 1.807) is 13.0 Å². The zero-order chi connectivity index (χ0) is 14.0. The molecule has 8 heteroatoms. The zero-order valence-electron chi connectivity index (χ0n) is 9.77. The normalized spacial score (nSPS) is 11.6. The van der Waals surface area contributed by atoms with Crippen molar-refractivity contribution in [1.82, 2.24) is 15.0 Å². The van der Waals surface area contributed by atoms with E-state index < -0.39 is 11.7 Å². The molecule has 0 fully saturated rings. The predicted molar refractivity (Wildman–Crippen MR) is 64.5 cm³/mol. The molecule has 4 nitrogen and oxygen atoms in total. The molecule has 0 atom stereocenters. The van der Waals surface area contributed by atoms with E-state index in [9.17, 15) is 13.2 Å². The maximum Gasteiger partial charge on any atom is 0.417 e. The van der Waals surface area contributed by atoms with Crippen LogP contribution in [0.15, 0.2) is 34.4 Å². The van der Waals surface area contributed by atoms with Gasteiger partial charge in [0.1, 0.15) is 10.1 Å². The van der Waals surface area contributed by atoms with Gasteiger partial charge in [-0.3, -0.25) is 0 Å². The van der Waals surface area contributed by atoms with E-state index in [0.29, 0.717) is 15.7 Å². The number of aromatic nitrogens is 3. The third-order valence-electron chi connectivity index (χ3n) is 2.12. The zero-order valence-corrected chi connectivity index (χ0v) is 10.6. The van der Waals surface area contributed by atoms with E-state index in [-0.39, 0.29) is 5.95 Å². The minimum absolute atomic E-state index is 0.120. The van der Waals surface area contributed by atoms with Crippen LogP contribution in [0.2, 0.25) is 0 Å².